The van der Waals surface area contributed by atoms with E-state index in [1.54, 1.807) is 62.6 Å². The normalized spacial score (nSPS) is 11.6. The number of carbonyl (C=O) groups is 2. The van der Waals surface area contributed by atoms with E-state index in [4.69, 9.17) is 4.74 Å². The van der Waals surface area contributed by atoms with E-state index in [1.165, 1.54) is 15.9 Å². The highest BCUT2D eigenvalue weighted by Crippen LogP contribution is 2.23. The molecule has 0 unspecified atom stereocenters. The Hall–Kier alpha value is -3.55. The molecule has 0 saturated carbocycles. The smallest absolute Gasteiger partial charge is 0.341 e. The number of nitrogens with zero attached hydrogens (tertiary/aromatic N) is 5. The number of carbonyl (C=O) groups excluding carboxylic acids is 2. The highest BCUT2D eigenvalue weighted by atomic mass is 16.5. The van der Waals surface area contributed by atoms with Crippen LogP contribution in [0.5, 0.6) is 0 Å². The van der Waals surface area contributed by atoms with Gasteiger partial charge in [0.05, 0.1) is 11.3 Å². The molecule has 1 atom stereocenters. The topological polar surface area (TPSA) is 90.2 Å². The van der Waals surface area contributed by atoms with Crippen molar-refractivity contribution in [1.82, 2.24) is 25.1 Å². The third-order valence-electron chi connectivity index (χ3n) is 3.71. The molecule has 0 fully saturated rings. The van der Waals surface area contributed by atoms with E-state index in [0.29, 0.717) is 11.3 Å². The molecule has 0 spiro atoms. The second-order valence-electron chi connectivity index (χ2n) is 5.70. The number of esters is 1. The summed E-state index contributed by atoms with van der Waals surface area (Å²) in [4.78, 5) is 26.7. The Kier molecular flexibility index (Phi) is 5.02. The van der Waals surface area contributed by atoms with Gasteiger partial charge in [-0.3, -0.25) is 4.79 Å². The molecule has 3 rings (SSSR count). The number of likely N-dealkylation sites (N-methyl/N-ethyl adjacent to an activating group) is 1. The molecule has 0 saturated heterocycles. The number of ether oxygens (including phenoxy) is 1. The third kappa shape index (κ3) is 3.59. The van der Waals surface area contributed by atoms with Crippen molar-refractivity contribution in [2.75, 3.05) is 14.1 Å². The molecule has 26 heavy (non-hydrogen) atoms. The van der Waals surface area contributed by atoms with Gasteiger partial charge < -0.3 is 9.64 Å². The van der Waals surface area contributed by atoms with Gasteiger partial charge in [-0.15, -0.1) is 5.10 Å². The summed E-state index contributed by atoms with van der Waals surface area (Å²) in [6.45, 7) is 0. The van der Waals surface area contributed by atoms with Crippen LogP contribution in [0, 0.1) is 0 Å². The van der Waals surface area contributed by atoms with E-state index in [1.807, 2.05) is 6.07 Å². The number of rotatable bonds is 5. The van der Waals surface area contributed by atoms with Crippen LogP contribution in [0.4, 0.5) is 0 Å². The van der Waals surface area contributed by atoms with E-state index in [9.17, 15) is 9.59 Å². The molecule has 0 aliphatic heterocycles. The lowest BCUT2D eigenvalue weighted by Crippen LogP contribution is -2.31. The Morgan fingerprint density at radius 3 is 2.38 bits per heavy atom. The summed E-state index contributed by atoms with van der Waals surface area (Å²) < 4.78 is 6.94. The number of hydrogen-bond donors (Lipinski definition) is 0. The van der Waals surface area contributed by atoms with Gasteiger partial charge in [-0.1, -0.05) is 42.5 Å². The van der Waals surface area contributed by atoms with Crippen LogP contribution in [0.3, 0.4) is 0 Å². The van der Waals surface area contributed by atoms with Gasteiger partial charge >= 0.3 is 5.97 Å². The van der Waals surface area contributed by atoms with Crippen molar-refractivity contribution < 1.29 is 14.3 Å². The lowest BCUT2D eigenvalue weighted by molar-refractivity contribution is -0.138. The average Bonchev–Trinajstić information content (AvgIpc) is 3.20. The first-order chi connectivity index (χ1) is 12.6. The Morgan fingerprint density at radius 2 is 1.73 bits per heavy atom. The molecule has 0 bridgehead atoms. The molecule has 1 amide bonds. The summed E-state index contributed by atoms with van der Waals surface area (Å²) in [5.41, 5.74) is 1.32. The second kappa shape index (κ2) is 7.56. The minimum Gasteiger partial charge on any atom is -0.444 e. The predicted molar refractivity (Wildman–Crippen MR) is 92.4 cm³/mol. The molecule has 0 aliphatic carbocycles. The zero-order chi connectivity index (χ0) is 18.5. The predicted octanol–water partition coefficient (Wildman–Crippen LogP) is 1.65. The quantitative estimate of drug-likeness (QED) is 0.649. The molecule has 0 aliphatic rings. The molecule has 3 aromatic rings. The number of para-hydroxylation sites is 1. The second-order valence-corrected chi connectivity index (χ2v) is 5.70. The van der Waals surface area contributed by atoms with Gasteiger partial charge in [-0.25, -0.2) is 4.79 Å². The van der Waals surface area contributed by atoms with Crippen molar-refractivity contribution >= 4 is 11.9 Å². The van der Waals surface area contributed by atoms with Crippen LogP contribution in [0.2, 0.25) is 0 Å². The van der Waals surface area contributed by atoms with Gasteiger partial charge in [-0.05, 0) is 22.6 Å². The molecule has 8 heteroatoms. The number of hydrogen-bond acceptors (Lipinski definition) is 6. The van der Waals surface area contributed by atoms with Crippen LogP contribution in [-0.2, 0) is 9.53 Å². The monoisotopic (exact) mass is 351 g/mol. The first kappa shape index (κ1) is 17.3. The molecule has 132 valence electrons. The van der Waals surface area contributed by atoms with E-state index < -0.39 is 12.1 Å². The van der Waals surface area contributed by atoms with Crippen molar-refractivity contribution in [3.8, 4) is 5.69 Å². The SMILES string of the molecule is CN(C)C(=O)[C@@H](OC(=O)c1ccccc1-n1cnnn1)c1ccccc1. The molecule has 0 radical (unpaired) electrons. The maximum absolute atomic E-state index is 12.8. The van der Waals surface area contributed by atoms with E-state index in [2.05, 4.69) is 15.5 Å². The van der Waals surface area contributed by atoms with Gasteiger partial charge in [0.15, 0.2) is 0 Å². The highest BCUT2D eigenvalue weighted by Gasteiger charge is 2.28. The van der Waals surface area contributed by atoms with Crippen LogP contribution in [0.15, 0.2) is 60.9 Å². The first-order valence-corrected chi connectivity index (χ1v) is 7.87. The van der Waals surface area contributed by atoms with Crippen molar-refractivity contribution in [2.45, 2.75) is 6.10 Å². The third-order valence-corrected chi connectivity index (χ3v) is 3.71. The lowest BCUT2D eigenvalue weighted by atomic mass is 10.1. The van der Waals surface area contributed by atoms with E-state index in [-0.39, 0.29) is 11.5 Å². The van der Waals surface area contributed by atoms with E-state index in [0.717, 1.165) is 0 Å². The number of amides is 1. The fraction of sp³-hybridized carbons (Fsp3) is 0.167. The van der Waals surface area contributed by atoms with Crippen molar-refractivity contribution in [1.29, 1.82) is 0 Å². The summed E-state index contributed by atoms with van der Waals surface area (Å²) in [6, 6.07) is 15.6. The van der Waals surface area contributed by atoms with Gasteiger partial charge in [0.25, 0.3) is 5.91 Å². The summed E-state index contributed by atoms with van der Waals surface area (Å²) in [7, 11) is 3.22. The van der Waals surface area contributed by atoms with Crippen LogP contribution in [0.25, 0.3) is 5.69 Å². The fourth-order valence-electron chi connectivity index (χ4n) is 2.41. The van der Waals surface area contributed by atoms with Crippen LogP contribution >= 0.6 is 0 Å². The Morgan fingerprint density at radius 1 is 1.04 bits per heavy atom. The molecule has 1 heterocycles. The van der Waals surface area contributed by atoms with Crippen molar-refractivity contribution in [2.24, 2.45) is 0 Å². The number of benzene rings is 2. The van der Waals surface area contributed by atoms with Crippen LogP contribution < -0.4 is 0 Å². The molecular weight excluding hydrogens is 334 g/mol. The average molecular weight is 351 g/mol. The summed E-state index contributed by atoms with van der Waals surface area (Å²) in [5, 5.41) is 11.0. The summed E-state index contributed by atoms with van der Waals surface area (Å²) >= 11 is 0. The number of tetrazole rings is 1. The van der Waals surface area contributed by atoms with E-state index >= 15 is 0 Å². The van der Waals surface area contributed by atoms with Gasteiger partial charge in [-0.2, -0.15) is 4.68 Å². The van der Waals surface area contributed by atoms with Gasteiger partial charge in [0, 0.05) is 19.7 Å². The maximum Gasteiger partial charge on any atom is 0.341 e. The Labute approximate surface area is 150 Å². The molecule has 8 nitrogen and oxygen atoms in total. The summed E-state index contributed by atoms with van der Waals surface area (Å²) in [5.74, 6) is -0.968. The van der Waals surface area contributed by atoms with Crippen molar-refractivity contribution in [3.63, 3.8) is 0 Å². The lowest BCUT2D eigenvalue weighted by Gasteiger charge is -2.21. The maximum atomic E-state index is 12.8. The zero-order valence-electron chi connectivity index (χ0n) is 14.3. The molecule has 2 aromatic carbocycles. The van der Waals surface area contributed by atoms with Crippen molar-refractivity contribution in [3.05, 3.63) is 72.1 Å². The summed E-state index contributed by atoms with van der Waals surface area (Å²) in [6.07, 6.45) is 0.340. The largest absolute Gasteiger partial charge is 0.444 e. The molecule has 1 aromatic heterocycles. The van der Waals surface area contributed by atoms with Crippen LogP contribution in [-0.4, -0.2) is 51.1 Å². The minimum absolute atomic E-state index is 0.257. The minimum atomic E-state index is -1.04. The highest BCUT2D eigenvalue weighted by molar-refractivity contribution is 5.95. The Balaban J connectivity index is 1.93. The Bertz CT molecular complexity index is 894. The fourth-order valence-corrected chi connectivity index (χ4v) is 2.41. The molecular formula is C18H17N5O3. The first-order valence-electron chi connectivity index (χ1n) is 7.87. The van der Waals surface area contributed by atoms with Gasteiger partial charge in [0.1, 0.15) is 6.33 Å². The standard InChI is InChI=1S/C18H17N5O3/c1-22(2)17(24)16(13-8-4-3-5-9-13)26-18(25)14-10-6-7-11-15(14)23-12-19-20-21-23/h3-12,16H,1-2H3/t16-/m0/s1. The number of aromatic nitrogens is 4. The van der Waals surface area contributed by atoms with Crippen LogP contribution in [0.1, 0.15) is 22.0 Å². The molecule has 0 N–H and O–H groups in total. The zero-order valence-corrected chi connectivity index (χ0v) is 14.3. The van der Waals surface area contributed by atoms with Gasteiger partial charge in [0.2, 0.25) is 6.10 Å².